The summed E-state index contributed by atoms with van der Waals surface area (Å²) < 4.78 is 25.9. The van der Waals surface area contributed by atoms with Gasteiger partial charge in [-0.15, -0.1) is 6.58 Å². The van der Waals surface area contributed by atoms with Crippen molar-refractivity contribution in [1.29, 1.82) is 0 Å². The zero-order valence-corrected chi connectivity index (χ0v) is 33.1. The second-order valence-corrected chi connectivity index (χ2v) is 21.2. The highest BCUT2D eigenvalue weighted by Gasteiger charge is 2.70. The van der Waals surface area contributed by atoms with Gasteiger partial charge in [-0.25, -0.2) is 13.2 Å². The van der Waals surface area contributed by atoms with E-state index in [0.717, 1.165) is 51.4 Å². The summed E-state index contributed by atoms with van der Waals surface area (Å²) in [7, 11) is -3.57. The highest BCUT2D eigenvalue weighted by atomic mass is 32.2. The molecule has 1 heterocycles. The molecule has 4 saturated carbocycles. The van der Waals surface area contributed by atoms with Gasteiger partial charge in [-0.2, -0.15) is 0 Å². The molecule has 0 bridgehead atoms. The second kappa shape index (κ2) is 15.1. The van der Waals surface area contributed by atoms with Gasteiger partial charge in [0.2, 0.25) is 17.6 Å². The number of urea groups is 1. The zero-order chi connectivity index (χ0) is 38.3. The van der Waals surface area contributed by atoms with E-state index in [1.807, 2.05) is 6.92 Å². The summed E-state index contributed by atoms with van der Waals surface area (Å²) in [6, 6.07) is -3.38. The van der Waals surface area contributed by atoms with Crippen LogP contribution in [0.1, 0.15) is 125 Å². The normalized spacial score (nSPS) is 27.3. The van der Waals surface area contributed by atoms with Gasteiger partial charge in [0.1, 0.15) is 12.1 Å². The van der Waals surface area contributed by atoms with Gasteiger partial charge in [-0.3, -0.25) is 19.2 Å². The van der Waals surface area contributed by atoms with E-state index in [9.17, 15) is 32.4 Å². The average Bonchev–Trinajstić information content (AvgIpc) is 3.92. The summed E-state index contributed by atoms with van der Waals surface area (Å²) in [5.41, 5.74) is -1.73. The van der Waals surface area contributed by atoms with Crippen LogP contribution in [0.15, 0.2) is 12.7 Å². The van der Waals surface area contributed by atoms with Gasteiger partial charge in [-0.1, -0.05) is 78.2 Å². The quantitative estimate of drug-likeness (QED) is 0.153. The maximum Gasteiger partial charge on any atom is 0.315 e. The number of likely N-dealkylation sites (tertiary alicyclic amines) is 1. The minimum Gasteiger partial charge on any atom is -0.346 e. The lowest BCUT2D eigenvalue weighted by molar-refractivity contribution is -0.146. The number of nitrogens with zero attached hydrogens (tertiary/aromatic N) is 1. The highest BCUT2D eigenvalue weighted by molar-refractivity contribution is 7.92. The van der Waals surface area contributed by atoms with Gasteiger partial charge in [0.05, 0.1) is 22.1 Å². The van der Waals surface area contributed by atoms with Crippen LogP contribution in [0.2, 0.25) is 0 Å². The Morgan fingerprint density at radius 2 is 1.50 bits per heavy atom. The van der Waals surface area contributed by atoms with Gasteiger partial charge in [0.25, 0.3) is 5.91 Å². The minimum absolute atomic E-state index is 0.0717. The number of amides is 5. The third-order valence-corrected chi connectivity index (χ3v) is 15.9. The van der Waals surface area contributed by atoms with E-state index in [2.05, 4.69) is 41.7 Å². The standard InChI is InChI=1S/C39H63N5O7S/c1-8-21-40-33(47)30(45)27(22-25-15-16-25)41-32(46)29-28-26(37(28,5)6)23-44(29)34(48)31(38(7)17-11-9-12-18-38)42-35(49)43-39(19-13-10-14-20-39)24-52(50,51)36(2,3)4/h8,25-29,31H,1,9-24H2,2-7H3,(H,40,47)(H,41,46)(H2,42,43,49)/t26?,27-,28?,29-,31+/m0/s1. The lowest BCUT2D eigenvalue weighted by atomic mass is 9.70. The van der Waals surface area contributed by atoms with Gasteiger partial charge in [0.15, 0.2) is 9.84 Å². The van der Waals surface area contributed by atoms with Gasteiger partial charge >= 0.3 is 6.03 Å². The Labute approximate surface area is 310 Å². The molecule has 0 spiro atoms. The summed E-state index contributed by atoms with van der Waals surface area (Å²) in [6.45, 7) is 15.3. The SMILES string of the molecule is C=CCNC(=O)C(=O)[C@H](CC1CC1)NC(=O)[C@@H]1C2C(CN1C(=O)[C@@H](NC(=O)NC1(CS(=O)(=O)C(C)(C)C)CCCCC1)C1(C)CCCCC1)C2(C)C. The monoisotopic (exact) mass is 745 g/mol. The molecule has 0 aromatic rings. The van der Waals surface area contributed by atoms with Crippen molar-refractivity contribution >= 4 is 39.4 Å². The Balaban J connectivity index is 1.40. The Hall–Kier alpha value is -2.96. The zero-order valence-electron chi connectivity index (χ0n) is 32.3. The number of fused-ring (bicyclic) bond motifs is 1. The smallest absolute Gasteiger partial charge is 0.315 e. The van der Waals surface area contributed by atoms with Crippen molar-refractivity contribution in [1.82, 2.24) is 26.2 Å². The number of nitrogens with one attached hydrogen (secondary N) is 4. The molecule has 0 radical (unpaired) electrons. The molecule has 1 aliphatic heterocycles. The van der Waals surface area contributed by atoms with E-state index in [-0.39, 0.29) is 41.4 Å². The van der Waals surface area contributed by atoms with Crippen LogP contribution in [0.25, 0.3) is 0 Å². The maximum absolute atomic E-state index is 14.9. The summed E-state index contributed by atoms with van der Waals surface area (Å²) in [5.74, 6) is -2.26. The maximum atomic E-state index is 14.9. The van der Waals surface area contributed by atoms with E-state index >= 15 is 0 Å². The number of ketones is 1. The van der Waals surface area contributed by atoms with Crippen molar-refractivity contribution in [3.8, 4) is 0 Å². The molecule has 4 N–H and O–H groups in total. The van der Waals surface area contributed by atoms with Crippen molar-refractivity contribution in [3.63, 3.8) is 0 Å². The van der Waals surface area contributed by atoms with E-state index in [0.29, 0.717) is 38.6 Å². The van der Waals surface area contributed by atoms with Crippen LogP contribution in [0.4, 0.5) is 4.79 Å². The van der Waals surface area contributed by atoms with E-state index < -0.39 is 67.3 Å². The number of hydrogen-bond acceptors (Lipinski definition) is 7. The largest absolute Gasteiger partial charge is 0.346 e. The number of carbonyl (C=O) groups excluding carboxylic acids is 5. The number of carbonyl (C=O) groups is 5. The third kappa shape index (κ3) is 8.54. The van der Waals surface area contributed by atoms with Gasteiger partial charge in [-0.05, 0) is 81.5 Å². The molecule has 13 heteroatoms. The first-order valence-corrected chi connectivity index (χ1v) is 21.3. The summed E-state index contributed by atoms with van der Waals surface area (Å²) in [4.78, 5) is 70.9. The predicted molar refractivity (Wildman–Crippen MR) is 200 cm³/mol. The lowest BCUT2D eigenvalue weighted by Crippen LogP contribution is -2.65. The van der Waals surface area contributed by atoms with Crippen LogP contribution in [-0.2, 0) is 29.0 Å². The molecule has 4 aliphatic carbocycles. The van der Waals surface area contributed by atoms with Gasteiger partial charge < -0.3 is 26.2 Å². The van der Waals surface area contributed by atoms with Crippen molar-refractivity contribution in [3.05, 3.63) is 12.7 Å². The fourth-order valence-corrected chi connectivity index (χ4v) is 10.8. The number of sulfone groups is 1. The molecule has 5 amide bonds. The predicted octanol–water partition coefficient (Wildman–Crippen LogP) is 4.18. The van der Waals surface area contributed by atoms with Crippen molar-refractivity contribution in [2.24, 2.45) is 28.6 Å². The van der Waals surface area contributed by atoms with Gasteiger partial charge in [0, 0.05) is 13.1 Å². The van der Waals surface area contributed by atoms with Crippen molar-refractivity contribution in [2.75, 3.05) is 18.8 Å². The Bertz CT molecular complexity index is 1520. The van der Waals surface area contributed by atoms with Crippen LogP contribution in [0.5, 0.6) is 0 Å². The Morgan fingerprint density at radius 3 is 2.06 bits per heavy atom. The van der Waals surface area contributed by atoms with Crippen LogP contribution in [0, 0.1) is 28.6 Å². The molecule has 5 rings (SSSR count). The first-order valence-electron chi connectivity index (χ1n) is 19.6. The Kier molecular flexibility index (Phi) is 11.6. The molecular formula is C39H63N5O7S. The number of Topliss-reactive ketones (excluding diaryl/α,β-unsaturated/α-hetero) is 1. The van der Waals surface area contributed by atoms with Crippen LogP contribution in [0.3, 0.4) is 0 Å². The molecule has 12 nitrogen and oxygen atoms in total. The highest BCUT2D eigenvalue weighted by Crippen LogP contribution is 2.65. The molecule has 52 heavy (non-hydrogen) atoms. The third-order valence-electron chi connectivity index (χ3n) is 13.1. The lowest BCUT2D eigenvalue weighted by Gasteiger charge is -2.44. The average molecular weight is 746 g/mol. The molecule has 0 aromatic carbocycles. The van der Waals surface area contributed by atoms with E-state index in [1.54, 1.807) is 25.7 Å². The van der Waals surface area contributed by atoms with E-state index in [4.69, 9.17) is 0 Å². The second-order valence-electron chi connectivity index (χ2n) is 18.5. The molecule has 5 atom stereocenters. The topological polar surface area (TPSA) is 171 Å². The molecule has 2 unspecified atom stereocenters. The van der Waals surface area contributed by atoms with Crippen LogP contribution >= 0.6 is 0 Å². The first-order chi connectivity index (χ1) is 24.3. The molecule has 292 valence electrons. The minimum atomic E-state index is -3.57. The fraction of sp³-hybridized carbons (Fsp3) is 0.821. The van der Waals surface area contributed by atoms with E-state index in [1.165, 1.54) is 6.08 Å². The molecule has 1 saturated heterocycles. The molecule has 0 aromatic heterocycles. The number of piperidine rings is 1. The Morgan fingerprint density at radius 1 is 0.904 bits per heavy atom. The fourth-order valence-electron chi connectivity index (χ4n) is 9.27. The number of rotatable bonds is 14. The molecule has 5 fully saturated rings. The van der Waals surface area contributed by atoms with Crippen LogP contribution < -0.4 is 21.3 Å². The number of hydrogen-bond donors (Lipinski definition) is 4. The van der Waals surface area contributed by atoms with Crippen LogP contribution in [-0.4, -0.2) is 90.1 Å². The summed E-state index contributed by atoms with van der Waals surface area (Å²) in [5, 5.41) is 11.6. The molecular weight excluding hydrogens is 683 g/mol. The first kappa shape index (κ1) is 40.2. The summed E-state index contributed by atoms with van der Waals surface area (Å²) in [6.07, 6.45) is 11.6. The summed E-state index contributed by atoms with van der Waals surface area (Å²) >= 11 is 0. The molecule has 5 aliphatic rings. The van der Waals surface area contributed by atoms with Crippen molar-refractivity contribution in [2.45, 2.75) is 153 Å². The van der Waals surface area contributed by atoms with Crippen molar-refractivity contribution < 1.29 is 32.4 Å².